The van der Waals surface area contributed by atoms with Gasteiger partial charge in [0.25, 0.3) is 0 Å². The molecular weight excluding hydrogens is 402 g/mol. The molecule has 11 heteroatoms. The fraction of sp³-hybridized carbons (Fsp3) is 0.556. The first-order valence-electron chi connectivity index (χ1n) is 9.38. The van der Waals surface area contributed by atoms with Crippen LogP contribution in [0, 0.1) is 5.92 Å². The number of nitrogens with one attached hydrogen (secondary N) is 2. The molecule has 2 N–H and O–H groups in total. The molecule has 2 aliphatic heterocycles. The average molecular weight is 427 g/mol. The summed E-state index contributed by atoms with van der Waals surface area (Å²) in [6.45, 7) is 5.12. The molecule has 160 valence electrons. The Hall–Kier alpha value is -2.37. The molecule has 10 nitrogen and oxygen atoms in total. The lowest BCUT2D eigenvalue weighted by Gasteiger charge is -2.24. The van der Waals surface area contributed by atoms with Crippen LogP contribution < -0.4 is 20.1 Å². The zero-order valence-corrected chi connectivity index (χ0v) is 17.2. The van der Waals surface area contributed by atoms with E-state index in [0.29, 0.717) is 31.3 Å². The van der Waals surface area contributed by atoms with Crippen LogP contribution in [0.3, 0.4) is 0 Å². The van der Waals surface area contributed by atoms with E-state index in [2.05, 4.69) is 10.6 Å². The van der Waals surface area contributed by atoms with E-state index in [1.54, 1.807) is 6.07 Å². The number of fused-ring (bicyclic) bond motifs is 1. The van der Waals surface area contributed by atoms with Crippen molar-refractivity contribution in [1.29, 1.82) is 0 Å². The molecule has 0 saturated carbocycles. The van der Waals surface area contributed by atoms with Crippen LogP contribution in [0.25, 0.3) is 0 Å². The molecule has 3 rings (SSSR count). The predicted octanol–water partition coefficient (Wildman–Crippen LogP) is -0.307. The predicted molar refractivity (Wildman–Crippen MR) is 102 cm³/mol. The zero-order valence-electron chi connectivity index (χ0n) is 16.3. The lowest BCUT2D eigenvalue weighted by atomic mass is 10.2. The average Bonchev–Trinajstić information content (AvgIpc) is 3.19. The highest BCUT2D eigenvalue weighted by Crippen LogP contribution is 2.34. The van der Waals surface area contributed by atoms with Crippen LogP contribution in [-0.4, -0.2) is 70.2 Å². The van der Waals surface area contributed by atoms with Crippen LogP contribution >= 0.6 is 0 Å². The van der Waals surface area contributed by atoms with Gasteiger partial charge in [0.2, 0.25) is 10.0 Å². The van der Waals surface area contributed by atoms with Gasteiger partial charge in [0.15, 0.2) is 11.5 Å². The van der Waals surface area contributed by atoms with E-state index >= 15 is 0 Å². The summed E-state index contributed by atoms with van der Waals surface area (Å²) in [5.41, 5.74) is 0. The number of rotatable bonds is 6. The smallest absolute Gasteiger partial charge is 0.309 e. The Bertz CT molecular complexity index is 872. The number of carbonyl (C=O) groups is 2. The lowest BCUT2D eigenvalue weighted by molar-refractivity contribution is -0.139. The van der Waals surface area contributed by atoms with E-state index in [-0.39, 0.29) is 30.5 Å². The van der Waals surface area contributed by atoms with Crippen molar-refractivity contribution in [1.82, 2.24) is 14.9 Å². The third-order valence-corrected chi connectivity index (χ3v) is 6.26. The summed E-state index contributed by atoms with van der Waals surface area (Å²) in [5.74, 6) is -0.541. The first-order chi connectivity index (χ1) is 13.8. The van der Waals surface area contributed by atoms with Gasteiger partial charge < -0.3 is 24.8 Å². The summed E-state index contributed by atoms with van der Waals surface area (Å²) in [5, 5.41) is 4.93. The first kappa shape index (κ1) is 21.3. The van der Waals surface area contributed by atoms with Gasteiger partial charge in [0.1, 0.15) is 19.4 Å². The van der Waals surface area contributed by atoms with Crippen molar-refractivity contribution < 1.29 is 32.2 Å². The molecule has 1 saturated heterocycles. The Morgan fingerprint density at radius 2 is 1.79 bits per heavy atom. The summed E-state index contributed by atoms with van der Waals surface area (Å²) in [6, 6.07) is 4.40. The summed E-state index contributed by atoms with van der Waals surface area (Å²) >= 11 is 0. The number of benzene rings is 1. The van der Waals surface area contributed by atoms with Crippen LogP contribution in [0.1, 0.15) is 13.8 Å². The lowest BCUT2D eigenvalue weighted by Crippen LogP contribution is -2.47. The van der Waals surface area contributed by atoms with Crippen molar-refractivity contribution in [2.24, 2.45) is 5.92 Å². The van der Waals surface area contributed by atoms with Gasteiger partial charge in [0, 0.05) is 19.2 Å². The molecule has 29 heavy (non-hydrogen) atoms. The Morgan fingerprint density at radius 1 is 1.10 bits per heavy atom. The molecule has 2 heterocycles. The van der Waals surface area contributed by atoms with Gasteiger partial charge in [-0.2, -0.15) is 4.31 Å². The van der Waals surface area contributed by atoms with Crippen molar-refractivity contribution >= 4 is 21.8 Å². The van der Waals surface area contributed by atoms with E-state index in [0.717, 1.165) is 4.31 Å². The molecule has 0 radical (unpaired) electrons. The van der Waals surface area contributed by atoms with Crippen molar-refractivity contribution in [3.05, 3.63) is 18.2 Å². The summed E-state index contributed by atoms with van der Waals surface area (Å²) in [6.07, 6.45) is -0.907. The number of sulfonamides is 1. The molecule has 1 aromatic rings. The molecule has 0 unspecified atom stereocenters. The summed E-state index contributed by atoms with van der Waals surface area (Å²) in [4.78, 5) is 23.7. The Balaban J connectivity index is 1.65. The Morgan fingerprint density at radius 3 is 2.52 bits per heavy atom. The molecule has 2 aliphatic rings. The van der Waals surface area contributed by atoms with Crippen LogP contribution in [0.5, 0.6) is 11.5 Å². The molecule has 0 spiro atoms. The van der Waals surface area contributed by atoms with Crippen molar-refractivity contribution in [2.45, 2.75) is 25.0 Å². The second kappa shape index (κ2) is 8.97. The maximum atomic E-state index is 13.0. The third kappa shape index (κ3) is 4.98. The van der Waals surface area contributed by atoms with Crippen molar-refractivity contribution in [3.63, 3.8) is 0 Å². The number of carbonyl (C=O) groups excluding carboxylic acids is 2. The second-order valence-corrected chi connectivity index (χ2v) is 8.95. The highest BCUT2D eigenvalue weighted by Gasteiger charge is 2.37. The van der Waals surface area contributed by atoms with E-state index in [9.17, 15) is 18.0 Å². The summed E-state index contributed by atoms with van der Waals surface area (Å²) < 4.78 is 43.6. The highest BCUT2D eigenvalue weighted by molar-refractivity contribution is 7.89. The molecule has 1 fully saturated rings. The second-order valence-electron chi connectivity index (χ2n) is 7.06. The van der Waals surface area contributed by atoms with Crippen molar-refractivity contribution in [2.75, 3.05) is 39.5 Å². The minimum Gasteiger partial charge on any atom is -0.486 e. The van der Waals surface area contributed by atoms with Gasteiger partial charge in [-0.1, -0.05) is 13.8 Å². The minimum absolute atomic E-state index is 0.0400. The quantitative estimate of drug-likeness (QED) is 0.597. The van der Waals surface area contributed by atoms with Crippen LogP contribution in [0.4, 0.5) is 0 Å². The van der Waals surface area contributed by atoms with Gasteiger partial charge in [-0.25, -0.2) is 8.42 Å². The highest BCUT2D eigenvalue weighted by atomic mass is 32.2. The molecule has 1 atom stereocenters. The van der Waals surface area contributed by atoms with Crippen LogP contribution in [-0.2, 0) is 24.3 Å². The normalized spacial score (nSPS) is 19.2. The standard InChI is InChI=1S/C18H25N3O7S/c1-12(2)10-19-17(22)18(23)20-11-16-21(5-6-28-16)29(24,25)13-3-4-14-15(9-13)27-8-7-26-14/h3-4,9,12,16H,5-8,10-11H2,1-2H3,(H,19,22)(H,20,23)/t16-/m0/s1. The van der Waals surface area contributed by atoms with Crippen LogP contribution in [0.2, 0.25) is 0 Å². The van der Waals surface area contributed by atoms with Gasteiger partial charge in [-0.05, 0) is 18.1 Å². The van der Waals surface area contributed by atoms with Crippen LogP contribution in [0.15, 0.2) is 23.1 Å². The number of ether oxygens (including phenoxy) is 3. The van der Waals surface area contributed by atoms with E-state index in [1.165, 1.54) is 12.1 Å². The first-order valence-corrected chi connectivity index (χ1v) is 10.8. The van der Waals surface area contributed by atoms with Crippen molar-refractivity contribution in [3.8, 4) is 11.5 Å². The van der Waals surface area contributed by atoms with Gasteiger partial charge in [-0.15, -0.1) is 0 Å². The SMILES string of the molecule is CC(C)CNC(=O)C(=O)NC[C@@H]1OCCN1S(=O)(=O)c1ccc2c(c1)OCCO2. The van der Waals surface area contributed by atoms with Gasteiger partial charge in [0.05, 0.1) is 18.0 Å². The number of hydrogen-bond acceptors (Lipinski definition) is 7. The van der Waals surface area contributed by atoms with E-state index < -0.39 is 28.1 Å². The maximum Gasteiger partial charge on any atom is 0.309 e. The maximum absolute atomic E-state index is 13.0. The summed E-state index contributed by atoms with van der Waals surface area (Å²) in [7, 11) is -3.89. The number of nitrogens with zero attached hydrogens (tertiary/aromatic N) is 1. The molecule has 2 amide bonds. The number of hydrogen-bond donors (Lipinski definition) is 2. The number of amides is 2. The van der Waals surface area contributed by atoms with Gasteiger partial charge in [-0.3, -0.25) is 9.59 Å². The monoisotopic (exact) mass is 427 g/mol. The minimum atomic E-state index is -3.89. The molecular formula is C18H25N3O7S. The van der Waals surface area contributed by atoms with E-state index in [4.69, 9.17) is 14.2 Å². The molecule has 0 aromatic heterocycles. The van der Waals surface area contributed by atoms with E-state index in [1.807, 2.05) is 13.8 Å². The Kier molecular flexibility index (Phi) is 6.60. The fourth-order valence-corrected chi connectivity index (χ4v) is 4.43. The molecule has 0 bridgehead atoms. The molecule has 1 aromatic carbocycles. The van der Waals surface area contributed by atoms with Gasteiger partial charge >= 0.3 is 11.8 Å². The third-order valence-electron chi connectivity index (χ3n) is 4.38. The zero-order chi connectivity index (χ0) is 21.0. The topological polar surface area (TPSA) is 123 Å². The molecule has 0 aliphatic carbocycles. The largest absolute Gasteiger partial charge is 0.486 e. The fourth-order valence-electron chi connectivity index (χ4n) is 2.90. The Labute approximate surface area is 169 Å².